The Bertz CT molecular complexity index is 742. The number of nitrogens with zero attached hydrogens (tertiary/aromatic N) is 1. The van der Waals surface area contributed by atoms with Gasteiger partial charge in [0.1, 0.15) is 18.3 Å². The van der Waals surface area contributed by atoms with Crippen molar-refractivity contribution in [2.45, 2.75) is 40.2 Å². The molecular weight excluding hydrogens is 412 g/mol. The van der Waals surface area contributed by atoms with Crippen molar-refractivity contribution in [3.8, 4) is 5.75 Å². The molecule has 4 amide bonds. The molecule has 0 fully saturated rings. The molecule has 1 rings (SSSR count). The highest BCUT2D eigenvalue weighted by Crippen LogP contribution is 2.27. The van der Waals surface area contributed by atoms with Gasteiger partial charge in [-0.1, -0.05) is 39.3 Å². The van der Waals surface area contributed by atoms with Gasteiger partial charge in [-0.05, 0) is 36.5 Å². The van der Waals surface area contributed by atoms with Gasteiger partial charge in [-0.2, -0.15) is 0 Å². The number of nitrogens with one attached hydrogen (secondary N) is 3. The average molecular weight is 443 g/mol. The number of methoxy groups -OCH3 is 1. The van der Waals surface area contributed by atoms with E-state index in [1.807, 2.05) is 13.8 Å². The van der Waals surface area contributed by atoms with E-state index in [4.69, 9.17) is 21.5 Å². The molecule has 1 atom stereocenters. The van der Waals surface area contributed by atoms with Gasteiger partial charge in [-0.15, -0.1) is 0 Å². The van der Waals surface area contributed by atoms with Crippen molar-refractivity contribution in [2.24, 2.45) is 11.8 Å². The average Bonchev–Trinajstić information content (AvgIpc) is 2.68. The van der Waals surface area contributed by atoms with E-state index in [2.05, 4.69) is 10.6 Å². The lowest BCUT2D eigenvalue weighted by molar-refractivity contribution is -0.141. The van der Waals surface area contributed by atoms with Crippen molar-refractivity contribution < 1.29 is 24.3 Å². The first-order valence-electron chi connectivity index (χ1n) is 9.71. The van der Waals surface area contributed by atoms with Crippen LogP contribution >= 0.6 is 11.6 Å². The number of hydrogen-bond acceptors (Lipinski definition) is 5. The first-order valence-corrected chi connectivity index (χ1v) is 10.1. The molecule has 0 spiro atoms. The molecule has 0 saturated carbocycles. The van der Waals surface area contributed by atoms with E-state index in [0.717, 1.165) is 0 Å². The van der Waals surface area contributed by atoms with Gasteiger partial charge < -0.3 is 20.3 Å². The highest BCUT2D eigenvalue weighted by atomic mass is 35.5. The molecule has 0 aliphatic heterocycles. The van der Waals surface area contributed by atoms with Gasteiger partial charge in [-0.25, -0.2) is 10.3 Å². The number of benzene rings is 1. The lowest BCUT2D eigenvalue weighted by atomic mass is 10.0. The minimum absolute atomic E-state index is 0.247. The number of rotatable bonds is 10. The molecule has 0 aliphatic carbocycles. The molecule has 0 saturated heterocycles. The van der Waals surface area contributed by atoms with Crippen molar-refractivity contribution >= 4 is 35.1 Å². The van der Waals surface area contributed by atoms with Crippen LogP contribution in [0.3, 0.4) is 0 Å². The SMILES string of the molecule is COc1ccc(Cl)cc1NC(=O)N[C@H](C(=O)N(CCC(C)C)CC(=O)NO)C(C)C. The van der Waals surface area contributed by atoms with Gasteiger partial charge >= 0.3 is 6.03 Å². The van der Waals surface area contributed by atoms with Gasteiger partial charge in [0.2, 0.25) is 5.91 Å². The number of ether oxygens (including phenoxy) is 1. The van der Waals surface area contributed by atoms with E-state index in [0.29, 0.717) is 35.3 Å². The van der Waals surface area contributed by atoms with Crippen LogP contribution in [-0.2, 0) is 9.59 Å². The number of anilines is 1. The number of hydroxylamine groups is 1. The summed E-state index contributed by atoms with van der Waals surface area (Å²) in [4.78, 5) is 38.6. The highest BCUT2D eigenvalue weighted by molar-refractivity contribution is 6.31. The lowest BCUT2D eigenvalue weighted by Crippen LogP contribution is -2.54. The maximum absolute atomic E-state index is 13.1. The number of halogens is 1. The number of carbonyl (C=O) groups excluding carboxylic acids is 3. The molecule has 168 valence electrons. The normalized spacial score (nSPS) is 11.8. The summed E-state index contributed by atoms with van der Waals surface area (Å²) in [6, 6.07) is 3.28. The minimum atomic E-state index is -0.881. The van der Waals surface area contributed by atoms with Crippen LogP contribution in [0, 0.1) is 11.8 Å². The Morgan fingerprint density at radius 3 is 2.40 bits per heavy atom. The van der Waals surface area contributed by atoms with Gasteiger partial charge in [-0.3, -0.25) is 14.8 Å². The Hall–Kier alpha value is -2.52. The lowest BCUT2D eigenvalue weighted by Gasteiger charge is -2.30. The summed E-state index contributed by atoms with van der Waals surface area (Å²) in [5.74, 6) is -0.643. The number of urea groups is 1. The van der Waals surface area contributed by atoms with E-state index < -0.39 is 23.9 Å². The largest absolute Gasteiger partial charge is 0.495 e. The highest BCUT2D eigenvalue weighted by Gasteiger charge is 2.30. The second kappa shape index (κ2) is 12.2. The first-order chi connectivity index (χ1) is 14.1. The Morgan fingerprint density at radius 2 is 1.87 bits per heavy atom. The molecule has 1 aromatic rings. The fraction of sp³-hybridized carbons (Fsp3) is 0.550. The van der Waals surface area contributed by atoms with Crippen molar-refractivity contribution in [3.63, 3.8) is 0 Å². The van der Waals surface area contributed by atoms with Crippen LogP contribution in [0.25, 0.3) is 0 Å². The summed E-state index contributed by atoms with van der Waals surface area (Å²) in [6.45, 7) is 7.58. The summed E-state index contributed by atoms with van der Waals surface area (Å²) in [5, 5.41) is 14.5. The molecule has 10 heteroatoms. The fourth-order valence-electron chi connectivity index (χ4n) is 2.68. The molecule has 0 radical (unpaired) electrons. The van der Waals surface area contributed by atoms with E-state index in [-0.39, 0.29) is 12.5 Å². The third-order valence-electron chi connectivity index (χ3n) is 4.38. The Labute approximate surface area is 182 Å². The van der Waals surface area contributed by atoms with Crippen LogP contribution in [0.4, 0.5) is 10.5 Å². The van der Waals surface area contributed by atoms with Gasteiger partial charge in [0.15, 0.2) is 0 Å². The van der Waals surface area contributed by atoms with Crippen LogP contribution in [-0.4, -0.2) is 54.2 Å². The zero-order valence-electron chi connectivity index (χ0n) is 18.0. The van der Waals surface area contributed by atoms with E-state index in [1.165, 1.54) is 23.6 Å². The van der Waals surface area contributed by atoms with E-state index in [1.54, 1.807) is 26.0 Å². The van der Waals surface area contributed by atoms with Crippen LogP contribution in [0.2, 0.25) is 5.02 Å². The van der Waals surface area contributed by atoms with Gasteiger partial charge in [0, 0.05) is 11.6 Å². The third kappa shape index (κ3) is 8.08. The van der Waals surface area contributed by atoms with E-state index >= 15 is 0 Å². The number of carbonyl (C=O) groups is 3. The molecule has 0 aromatic heterocycles. The van der Waals surface area contributed by atoms with Crippen molar-refractivity contribution in [2.75, 3.05) is 25.5 Å². The van der Waals surface area contributed by atoms with E-state index in [9.17, 15) is 14.4 Å². The second-order valence-electron chi connectivity index (χ2n) is 7.64. The van der Waals surface area contributed by atoms with Gasteiger partial charge in [0.05, 0.1) is 12.8 Å². The van der Waals surface area contributed by atoms with Gasteiger partial charge in [0.25, 0.3) is 5.91 Å². The quantitative estimate of drug-likeness (QED) is 0.328. The first kappa shape index (κ1) is 25.5. The minimum Gasteiger partial charge on any atom is -0.495 e. The summed E-state index contributed by atoms with van der Waals surface area (Å²) < 4.78 is 5.21. The molecule has 0 unspecified atom stereocenters. The van der Waals surface area contributed by atoms with Crippen molar-refractivity contribution in [1.29, 1.82) is 0 Å². The van der Waals surface area contributed by atoms with Crippen molar-refractivity contribution in [3.05, 3.63) is 23.2 Å². The second-order valence-corrected chi connectivity index (χ2v) is 8.08. The Morgan fingerprint density at radius 1 is 1.20 bits per heavy atom. The summed E-state index contributed by atoms with van der Waals surface area (Å²) in [7, 11) is 1.46. The van der Waals surface area contributed by atoms with Crippen molar-refractivity contribution in [1.82, 2.24) is 15.7 Å². The van der Waals surface area contributed by atoms with Crippen LogP contribution in [0.15, 0.2) is 18.2 Å². The molecule has 0 aliphatic rings. The Kier molecular flexibility index (Phi) is 10.4. The predicted molar refractivity (Wildman–Crippen MR) is 115 cm³/mol. The molecule has 4 N–H and O–H groups in total. The molecule has 30 heavy (non-hydrogen) atoms. The molecular formula is C20H31ClN4O5. The van der Waals surface area contributed by atoms with Crippen LogP contribution < -0.4 is 20.9 Å². The number of hydrogen-bond donors (Lipinski definition) is 4. The molecule has 9 nitrogen and oxygen atoms in total. The Balaban J connectivity index is 2.97. The standard InChI is InChI=1S/C20H31ClN4O5/c1-12(2)8-9-25(11-17(26)24-29)19(27)18(13(3)4)23-20(28)22-15-10-14(21)6-7-16(15)30-5/h6-7,10,12-13,18,29H,8-9,11H2,1-5H3,(H,24,26)(H2,22,23,28)/t18-/m0/s1. The smallest absolute Gasteiger partial charge is 0.320 e. The fourth-order valence-corrected chi connectivity index (χ4v) is 2.85. The third-order valence-corrected chi connectivity index (χ3v) is 4.61. The summed E-state index contributed by atoms with van der Waals surface area (Å²) >= 11 is 5.98. The predicted octanol–water partition coefficient (Wildman–Crippen LogP) is 2.87. The van der Waals surface area contributed by atoms with Crippen LogP contribution in [0.1, 0.15) is 34.1 Å². The topological polar surface area (TPSA) is 120 Å². The zero-order valence-corrected chi connectivity index (χ0v) is 18.7. The monoisotopic (exact) mass is 442 g/mol. The molecule has 0 heterocycles. The summed E-state index contributed by atoms with van der Waals surface area (Å²) in [6.07, 6.45) is 0.668. The zero-order chi connectivity index (χ0) is 22.8. The number of amides is 4. The molecule has 0 bridgehead atoms. The summed E-state index contributed by atoms with van der Waals surface area (Å²) in [5.41, 5.74) is 1.89. The maximum Gasteiger partial charge on any atom is 0.320 e. The molecule has 1 aromatic carbocycles. The maximum atomic E-state index is 13.1. The van der Waals surface area contributed by atoms with Crippen LogP contribution in [0.5, 0.6) is 5.75 Å².